The fourth-order valence-corrected chi connectivity index (χ4v) is 1.83. The van der Waals surface area contributed by atoms with Gasteiger partial charge in [0.05, 0.1) is 11.6 Å². The molecule has 0 spiro atoms. The highest BCUT2D eigenvalue weighted by Crippen LogP contribution is 2.15. The summed E-state index contributed by atoms with van der Waals surface area (Å²) < 4.78 is 1.52. The zero-order valence-electron chi connectivity index (χ0n) is 9.91. The Balaban J connectivity index is 2.41. The van der Waals surface area contributed by atoms with Gasteiger partial charge in [0.2, 0.25) is 0 Å². The molecular formula is C14H13NO3. The molecule has 0 aliphatic carbocycles. The quantitative estimate of drug-likeness (QED) is 0.898. The van der Waals surface area contributed by atoms with Crippen LogP contribution in [0.1, 0.15) is 28.9 Å². The van der Waals surface area contributed by atoms with Crippen LogP contribution in [0.25, 0.3) is 0 Å². The van der Waals surface area contributed by atoms with Crippen LogP contribution >= 0.6 is 0 Å². The predicted molar refractivity (Wildman–Crippen MR) is 67.9 cm³/mol. The molecule has 0 aliphatic rings. The van der Waals surface area contributed by atoms with Crippen LogP contribution in [-0.2, 0) is 0 Å². The zero-order valence-corrected chi connectivity index (χ0v) is 9.91. The topological polar surface area (TPSA) is 59.3 Å². The molecule has 1 aromatic heterocycles. The molecule has 0 aliphatic heterocycles. The van der Waals surface area contributed by atoms with E-state index in [9.17, 15) is 9.59 Å². The molecule has 0 amide bonds. The van der Waals surface area contributed by atoms with Crippen molar-refractivity contribution in [2.24, 2.45) is 0 Å². The van der Waals surface area contributed by atoms with Gasteiger partial charge in [0.25, 0.3) is 5.56 Å². The Morgan fingerprint density at radius 2 is 1.89 bits per heavy atom. The molecule has 2 rings (SSSR count). The van der Waals surface area contributed by atoms with Crippen LogP contribution in [0.2, 0.25) is 0 Å². The van der Waals surface area contributed by atoms with Gasteiger partial charge in [0.1, 0.15) is 0 Å². The average molecular weight is 243 g/mol. The molecule has 4 heteroatoms. The molecule has 0 radical (unpaired) electrons. The van der Waals surface area contributed by atoms with Gasteiger partial charge in [-0.15, -0.1) is 0 Å². The second-order valence-electron chi connectivity index (χ2n) is 4.05. The molecule has 1 heterocycles. The van der Waals surface area contributed by atoms with Crippen molar-refractivity contribution in [2.75, 3.05) is 0 Å². The second kappa shape index (κ2) is 4.87. The first-order valence-electron chi connectivity index (χ1n) is 5.60. The van der Waals surface area contributed by atoms with E-state index in [0.29, 0.717) is 0 Å². The number of pyridine rings is 1. The number of aromatic carboxylic acids is 1. The highest BCUT2D eigenvalue weighted by Gasteiger charge is 2.10. The Hall–Kier alpha value is -2.36. The largest absolute Gasteiger partial charge is 0.478 e. The maximum atomic E-state index is 11.9. The lowest BCUT2D eigenvalue weighted by Crippen LogP contribution is -2.23. The molecular weight excluding hydrogens is 230 g/mol. The van der Waals surface area contributed by atoms with Crippen LogP contribution in [-0.4, -0.2) is 15.6 Å². The zero-order chi connectivity index (χ0) is 13.1. The number of carbonyl (C=O) groups is 1. The van der Waals surface area contributed by atoms with Gasteiger partial charge in [-0.05, 0) is 18.6 Å². The maximum Gasteiger partial charge on any atom is 0.335 e. The molecule has 18 heavy (non-hydrogen) atoms. The molecule has 0 saturated heterocycles. The molecule has 2 aromatic rings. The van der Waals surface area contributed by atoms with E-state index in [4.69, 9.17) is 5.11 Å². The van der Waals surface area contributed by atoms with Crippen molar-refractivity contribution in [2.45, 2.75) is 13.0 Å². The van der Waals surface area contributed by atoms with Crippen LogP contribution in [0.4, 0.5) is 0 Å². The van der Waals surface area contributed by atoms with E-state index >= 15 is 0 Å². The summed E-state index contributed by atoms with van der Waals surface area (Å²) >= 11 is 0. The minimum atomic E-state index is -1.09. The molecule has 1 aromatic carbocycles. The number of benzene rings is 1. The first-order valence-corrected chi connectivity index (χ1v) is 5.60. The smallest absolute Gasteiger partial charge is 0.335 e. The first-order chi connectivity index (χ1) is 8.59. The van der Waals surface area contributed by atoms with Crippen LogP contribution in [0.3, 0.4) is 0 Å². The van der Waals surface area contributed by atoms with Gasteiger partial charge in [-0.25, -0.2) is 4.79 Å². The highest BCUT2D eigenvalue weighted by atomic mass is 16.4. The Morgan fingerprint density at radius 1 is 1.22 bits per heavy atom. The lowest BCUT2D eigenvalue weighted by Gasteiger charge is -2.15. The molecule has 0 bridgehead atoms. The van der Waals surface area contributed by atoms with E-state index in [2.05, 4.69) is 0 Å². The molecule has 0 saturated carbocycles. The van der Waals surface area contributed by atoms with E-state index in [0.717, 1.165) is 11.6 Å². The monoisotopic (exact) mass is 243 g/mol. The first kappa shape index (κ1) is 12.1. The van der Waals surface area contributed by atoms with Gasteiger partial charge in [-0.2, -0.15) is 0 Å². The maximum absolute atomic E-state index is 11.9. The summed E-state index contributed by atoms with van der Waals surface area (Å²) in [5.74, 6) is -1.09. The van der Waals surface area contributed by atoms with Crippen molar-refractivity contribution in [1.82, 2.24) is 4.57 Å². The Labute approximate surface area is 104 Å². The number of hydrogen-bond donors (Lipinski definition) is 1. The Kier molecular flexibility index (Phi) is 3.28. The Bertz CT molecular complexity index is 616. The van der Waals surface area contributed by atoms with Crippen LogP contribution < -0.4 is 5.56 Å². The van der Waals surface area contributed by atoms with E-state index in [1.165, 1.54) is 16.8 Å². The third-order valence-electron chi connectivity index (χ3n) is 2.89. The average Bonchev–Trinajstić information content (AvgIpc) is 2.38. The standard InChI is InChI=1S/C14H13NO3/c1-10(11-5-3-2-4-6-11)15-8-7-12(14(17)18)9-13(15)16/h2-10H,1H3,(H,17,18). The lowest BCUT2D eigenvalue weighted by molar-refractivity contribution is 0.0696. The van der Waals surface area contributed by atoms with Crippen LogP contribution in [0.15, 0.2) is 53.5 Å². The van der Waals surface area contributed by atoms with Gasteiger partial charge < -0.3 is 9.67 Å². The van der Waals surface area contributed by atoms with Crippen molar-refractivity contribution in [3.63, 3.8) is 0 Å². The summed E-state index contributed by atoms with van der Waals surface area (Å²) in [5.41, 5.74) is 0.699. The van der Waals surface area contributed by atoms with Gasteiger partial charge in [-0.1, -0.05) is 30.3 Å². The fraction of sp³-hybridized carbons (Fsp3) is 0.143. The minimum Gasteiger partial charge on any atom is -0.478 e. The van der Waals surface area contributed by atoms with Crippen molar-refractivity contribution >= 4 is 5.97 Å². The number of carboxylic acid groups (broad SMARTS) is 1. The third-order valence-corrected chi connectivity index (χ3v) is 2.89. The van der Waals surface area contributed by atoms with Gasteiger partial charge in [-0.3, -0.25) is 4.79 Å². The minimum absolute atomic E-state index is 0.0107. The number of rotatable bonds is 3. The van der Waals surface area contributed by atoms with E-state index in [1.807, 2.05) is 37.3 Å². The summed E-state index contributed by atoms with van der Waals surface area (Å²) in [4.78, 5) is 22.6. The fourth-order valence-electron chi connectivity index (χ4n) is 1.83. The summed E-state index contributed by atoms with van der Waals surface area (Å²) in [6.45, 7) is 1.90. The van der Waals surface area contributed by atoms with Crippen molar-refractivity contribution in [3.8, 4) is 0 Å². The third kappa shape index (κ3) is 2.32. The number of hydrogen-bond acceptors (Lipinski definition) is 2. The van der Waals surface area contributed by atoms with Crippen molar-refractivity contribution in [3.05, 3.63) is 70.1 Å². The van der Waals surface area contributed by atoms with Crippen LogP contribution in [0.5, 0.6) is 0 Å². The second-order valence-corrected chi connectivity index (χ2v) is 4.05. The van der Waals surface area contributed by atoms with E-state index < -0.39 is 5.97 Å². The van der Waals surface area contributed by atoms with Gasteiger partial charge >= 0.3 is 5.97 Å². The SMILES string of the molecule is CC(c1ccccc1)n1ccc(C(=O)O)cc1=O. The molecule has 1 N–H and O–H groups in total. The predicted octanol–water partition coefficient (Wildman–Crippen LogP) is 2.16. The summed E-state index contributed by atoms with van der Waals surface area (Å²) in [6.07, 6.45) is 1.52. The lowest BCUT2D eigenvalue weighted by atomic mass is 10.1. The summed E-state index contributed by atoms with van der Waals surface area (Å²) in [7, 11) is 0. The van der Waals surface area contributed by atoms with Crippen LogP contribution in [0, 0.1) is 0 Å². The number of carboxylic acids is 1. The van der Waals surface area contributed by atoms with Crippen molar-refractivity contribution < 1.29 is 9.90 Å². The highest BCUT2D eigenvalue weighted by molar-refractivity contribution is 5.87. The number of aromatic nitrogens is 1. The normalized spacial score (nSPS) is 12.1. The Morgan fingerprint density at radius 3 is 2.44 bits per heavy atom. The molecule has 1 atom stereocenters. The molecule has 92 valence electrons. The molecule has 0 fully saturated rings. The number of nitrogens with zero attached hydrogens (tertiary/aromatic N) is 1. The van der Waals surface area contributed by atoms with Gasteiger partial charge in [0.15, 0.2) is 0 Å². The summed E-state index contributed by atoms with van der Waals surface area (Å²) in [5, 5.41) is 8.81. The summed E-state index contributed by atoms with van der Waals surface area (Å²) in [6, 6.07) is 12.0. The molecule has 4 nitrogen and oxygen atoms in total. The molecule has 1 unspecified atom stereocenters. The van der Waals surface area contributed by atoms with E-state index in [1.54, 1.807) is 0 Å². The van der Waals surface area contributed by atoms with E-state index in [-0.39, 0.29) is 17.2 Å². The van der Waals surface area contributed by atoms with Crippen molar-refractivity contribution in [1.29, 1.82) is 0 Å². The van der Waals surface area contributed by atoms with Gasteiger partial charge in [0, 0.05) is 12.3 Å².